The molecule has 0 saturated carbocycles. The Morgan fingerprint density at radius 3 is 1.97 bits per heavy atom. The molecule has 0 bridgehead atoms. The van der Waals surface area contributed by atoms with E-state index in [2.05, 4.69) is 13.8 Å². The zero-order chi connectivity index (χ0) is 26.9. The molecular weight excluding hydrogens is 468 g/mol. The minimum Gasteiger partial charge on any atom is -0.481 e. The number of aliphatic hydroxyl groups is 3. The molecule has 5 unspecified atom stereocenters. The third kappa shape index (κ3) is 13.3. The van der Waals surface area contributed by atoms with Gasteiger partial charge in [-0.15, -0.1) is 0 Å². The number of aliphatic carboxylic acids is 1. The predicted molar refractivity (Wildman–Crippen MR) is 135 cm³/mol. The van der Waals surface area contributed by atoms with Crippen LogP contribution in [-0.4, -0.2) is 75.8 Å². The van der Waals surface area contributed by atoms with Crippen molar-refractivity contribution in [3.63, 3.8) is 0 Å². The maximum absolute atomic E-state index is 12.8. The van der Waals surface area contributed by atoms with Crippen LogP contribution in [0.4, 0.5) is 0 Å². The van der Waals surface area contributed by atoms with E-state index in [1.807, 2.05) is 0 Å². The molecule has 0 amide bonds. The highest BCUT2D eigenvalue weighted by atomic mass is 16.7. The first-order valence-electron chi connectivity index (χ1n) is 13.9. The van der Waals surface area contributed by atoms with Gasteiger partial charge in [-0.3, -0.25) is 9.59 Å². The number of hydrogen-bond donors (Lipinski definition) is 4. The van der Waals surface area contributed by atoms with Gasteiger partial charge < -0.3 is 34.6 Å². The second kappa shape index (κ2) is 18.9. The Morgan fingerprint density at radius 1 is 0.806 bits per heavy atom. The first-order chi connectivity index (χ1) is 17.2. The van der Waals surface area contributed by atoms with Crippen molar-refractivity contribution in [2.75, 3.05) is 6.61 Å². The minimum atomic E-state index is -1.40. The summed E-state index contributed by atoms with van der Waals surface area (Å²) in [5.41, 5.74) is 0. The number of carbonyl (C=O) groups is 2. The fourth-order valence-corrected chi connectivity index (χ4v) is 4.51. The average Bonchev–Trinajstić information content (AvgIpc) is 2.83. The first-order valence-corrected chi connectivity index (χ1v) is 13.9. The van der Waals surface area contributed by atoms with Crippen LogP contribution in [0.1, 0.15) is 111 Å². The van der Waals surface area contributed by atoms with Gasteiger partial charge in [0.25, 0.3) is 0 Å². The van der Waals surface area contributed by atoms with Gasteiger partial charge in [-0.1, -0.05) is 71.6 Å². The lowest BCUT2D eigenvalue weighted by Gasteiger charge is -2.39. The summed E-state index contributed by atoms with van der Waals surface area (Å²) >= 11 is 0. The van der Waals surface area contributed by atoms with E-state index in [9.17, 15) is 30.0 Å². The fraction of sp³-hybridized carbons (Fsp3) is 0.926. The van der Waals surface area contributed by atoms with E-state index < -0.39 is 48.7 Å². The number of aliphatic hydroxyl groups excluding tert-OH is 3. The highest BCUT2D eigenvalue weighted by molar-refractivity contribution is 5.71. The van der Waals surface area contributed by atoms with E-state index in [1.165, 1.54) is 0 Å². The summed E-state index contributed by atoms with van der Waals surface area (Å²) < 4.78 is 16.8. The lowest BCUT2D eigenvalue weighted by molar-refractivity contribution is -0.295. The number of carbonyl (C=O) groups excluding carboxylic acids is 1. The Bertz CT molecular complexity index is 600. The molecule has 1 rings (SSSR count). The number of hydrogen-bond acceptors (Lipinski definition) is 8. The highest BCUT2D eigenvalue weighted by Gasteiger charge is 2.42. The second-order valence-electron chi connectivity index (χ2n) is 10.2. The molecule has 0 aromatic rings. The number of carboxylic acid groups (broad SMARTS) is 1. The lowest BCUT2D eigenvalue weighted by Crippen LogP contribution is -2.57. The Balaban J connectivity index is 2.66. The van der Waals surface area contributed by atoms with Crippen LogP contribution in [0.2, 0.25) is 0 Å². The van der Waals surface area contributed by atoms with Crippen molar-refractivity contribution in [2.24, 2.45) is 5.92 Å². The Morgan fingerprint density at radius 2 is 1.39 bits per heavy atom. The molecule has 0 aromatic carbocycles. The Hall–Kier alpha value is -1.26. The van der Waals surface area contributed by atoms with Crippen molar-refractivity contribution in [1.82, 2.24) is 0 Å². The third-order valence-corrected chi connectivity index (χ3v) is 6.81. The molecule has 9 heteroatoms. The number of rotatable bonds is 20. The Kier molecular flexibility index (Phi) is 17.2. The zero-order valence-corrected chi connectivity index (χ0v) is 22.5. The van der Waals surface area contributed by atoms with Crippen LogP contribution >= 0.6 is 0 Å². The van der Waals surface area contributed by atoms with Crippen molar-refractivity contribution < 1.29 is 44.2 Å². The zero-order valence-electron chi connectivity index (χ0n) is 22.5. The minimum absolute atomic E-state index is 0.0727. The summed E-state index contributed by atoms with van der Waals surface area (Å²) in [6.07, 6.45) is 5.11. The molecule has 212 valence electrons. The fourth-order valence-electron chi connectivity index (χ4n) is 4.51. The van der Waals surface area contributed by atoms with Crippen LogP contribution in [0.3, 0.4) is 0 Å². The van der Waals surface area contributed by atoms with E-state index in [0.29, 0.717) is 12.8 Å². The molecule has 1 aliphatic heterocycles. The average molecular weight is 519 g/mol. The number of carboxylic acids is 1. The molecular formula is C27H50O9. The van der Waals surface area contributed by atoms with Crippen LogP contribution in [0.5, 0.6) is 0 Å². The van der Waals surface area contributed by atoms with Gasteiger partial charge in [-0.25, -0.2) is 0 Å². The predicted octanol–water partition coefficient (Wildman–Crippen LogP) is 3.94. The summed E-state index contributed by atoms with van der Waals surface area (Å²) in [6, 6.07) is 0. The third-order valence-electron chi connectivity index (χ3n) is 6.81. The normalized spacial score (nSPS) is 25.9. The summed E-state index contributed by atoms with van der Waals surface area (Å²) in [4.78, 5) is 24.0. The summed E-state index contributed by atoms with van der Waals surface area (Å²) in [5.74, 6) is -1.65. The molecule has 1 saturated heterocycles. The SMILES string of the molecule is CCCCCCCC(COC1OC(C)[C@H](O)C(O)[C@@H]1O)CC(=O)OC(CCCCCCC)CC(=O)O. The van der Waals surface area contributed by atoms with E-state index in [1.54, 1.807) is 6.92 Å². The molecule has 0 aliphatic carbocycles. The molecule has 9 nitrogen and oxygen atoms in total. The van der Waals surface area contributed by atoms with Crippen molar-refractivity contribution in [3.8, 4) is 0 Å². The molecule has 36 heavy (non-hydrogen) atoms. The lowest BCUT2D eigenvalue weighted by atomic mass is 9.97. The summed E-state index contributed by atoms with van der Waals surface area (Å²) in [7, 11) is 0. The van der Waals surface area contributed by atoms with Gasteiger partial charge in [0.2, 0.25) is 0 Å². The topological polar surface area (TPSA) is 143 Å². The van der Waals surface area contributed by atoms with Crippen molar-refractivity contribution in [3.05, 3.63) is 0 Å². The van der Waals surface area contributed by atoms with Gasteiger partial charge in [-0.2, -0.15) is 0 Å². The number of unbranched alkanes of at least 4 members (excludes halogenated alkanes) is 8. The van der Waals surface area contributed by atoms with Gasteiger partial charge in [-0.05, 0) is 32.1 Å². The maximum atomic E-state index is 12.8. The molecule has 0 spiro atoms. The van der Waals surface area contributed by atoms with E-state index in [0.717, 1.165) is 64.2 Å². The van der Waals surface area contributed by atoms with Gasteiger partial charge in [0.15, 0.2) is 6.29 Å². The van der Waals surface area contributed by atoms with Crippen molar-refractivity contribution >= 4 is 11.9 Å². The van der Waals surface area contributed by atoms with Crippen LogP contribution in [0.15, 0.2) is 0 Å². The first kappa shape index (κ1) is 32.8. The standard InChI is InChI=1S/C27H50O9/c1-4-6-8-10-12-14-20(18-34-27-26(33)25(32)24(31)19(3)35-27)16-23(30)36-21(17-22(28)29)15-13-11-9-7-5-2/h19-21,24-27,31-33H,4-18H2,1-3H3,(H,28,29)/t19?,20?,21?,24-,25?,26-,27?/m0/s1. The molecule has 0 aromatic heterocycles. The smallest absolute Gasteiger partial charge is 0.307 e. The molecule has 1 fully saturated rings. The van der Waals surface area contributed by atoms with Gasteiger partial charge >= 0.3 is 11.9 Å². The molecule has 0 radical (unpaired) electrons. The van der Waals surface area contributed by atoms with E-state index in [-0.39, 0.29) is 25.4 Å². The van der Waals surface area contributed by atoms with Gasteiger partial charge in [0, 0.05) is 0 Å². The molecule has 1 aliphatic rings. The molecule has 7 atom stereocenters. The molecule has 1 heterocycles. The quantitative estimate of drug-likeness (QED) is 0.139. The maximum Gasteiger partial charge on any atom is 0.307 e. The monoisotopic (exact) mass is 518 g/mol. The van der Waals surface area contributed by atoms with Crippen LogP contribution in [-0.2, 0) is 23.8 Å². The van der Waals surface area contributed by atoms with Crippen molar-refractivity contribution in [2.45, 2.75) is 147 Å². The van der Waals surface area contributed by atoms with Crippen LogP contribution in [0, 0.1) is 5.92 Å². The second-order valence-corrected chi connectivity index (χ2v) is 10.2. The van der Waals surface area contributed by atoms with Gasteiger partial charge in [0.1, 0.15) is 24.4 Å². The van der Waals surface area contributed by atoms with Crippen LogP contribution < -0.4 is 0 Å². The summed E-state index contributed by atoms with van der Waals surface area (Å²) in [5, 5.41) is 39.4. The Labute approximate surface area is 216 Å². The van der Waals surface area contributed by atoms with E-state index in [4.69, 9.17) is 14.2 Å². The van der Waals surface area contributed by atoms with Crippen molar-refractivity contribution in [1.29, 1.82) is 0 Å². The number of ether oxygens (including phenoxy) is 3. The largest absolute Gasteiger partial charge is 0.481 e. The van der Waals surface area contributed by atoms with Gasteiger partial charge in [0.05, 0.1) is 25.6 Å². The molecule has 4 N–H and O–H groups in total. The summed E-state index contributed by atoms with van der Waals surface area (Å²) in [6.45, 7) is 5.97. The number of esters is 1. The van der Waals surface area contributed by atoms with E-state index >= 15 is 0 Å². The highest BCUT2D eigenvalue weighted by Crippen LogP contribution is 2.24. The van der Waals surface area contributed by atoms with Crippen LogP contribution in [0.25, 0.3) is 0 Å².